The molecule has 0 unspecified atom stereocenters. The summed E-state index contributed by atoms with van der Waals surface area (Å²) in [5, 5.41) is 18.2. The Morgan fingerprint density at radius 1 is 0.696 bits per heavy atom. The smallest absolute Gasteiger partial charge is 0.411 e. The first-order valence-electron chi connectivity index (χ1n) is 15.0. The minimum absolute atomic E-state index is 0.00694. The van der Waals surface area contributed by atoms with Crippen LogP contribution in [0.4, 0.5) is 0 Å². The molecule has 4 rings (SSSR count). The van der Waals surface area contributed by atoms with Gasteiger partial charge in [-0.05, 0) is 117 Å². The third-order valence-corrected chi connectivity index (χ3v) is 9.00. The van der Waals surface area contributed by atoms with Crippen molar-refractivity contribution in [3.63, 3.8) is 0 Å². The lowest BCUT2D eigenvalue weighted by Gasteiger charge is -2.32. The first-order chi connectivity index (χ1) is 20.5. The van der Waals surface area contributed by atoms with Crippen molar-refractivity contribution in [1.82, 2.24) is 9.97 Å². The predicted molar refractivity (Wildman–Crippen MR) is 186 cm³/mol. The second-order valence-electron chi connectivity index (χ2n) is 14.3. The number of halogens is 1. The molecular formula is C32H50B3BrN2O8. The van der Waals surface area contributed by atoms with Crippen LogP contribution in [0, 0.1) is 0 Å². The first-order valence-corrected chi connectivity index (χ1v) is 15.8. The highest BCUT2D eigenvalue weighted by Crippen LogP contribution is 2.37. The summed E-state index contributed by atoms with van der Waals surface area (Å²) in [5.41, 5.74) is -1.52. The zero-order chi connectivity index (χ0) is 36.1. The molecule has 14 heteroatoms. The maximum absolute atomic E-state index is 11.2. The number of Topliss-reactive ketones (excluding diaryl/α,β-unsaturated/α-hetero) is 2. The van der Waals surface area contributed by atoms with Crippen LogP contribution in [-0.4, -0.2) is 87.2 Å². The van der Waals surface area contributed by atoms with Crippen LogP contribution in [0.1, 0.15) is 118 Å². The Morgan fingerprint density at radius 2 is 1.04 bits per heavy atom. The van der Waals surface area contributed by atoms with Crippen LogP contribution in [0.5, 0.6) is 0 Å². The van der Waals surface area contributed by atoms with E-state index in [1.807, 2.05) is 61.5 Å². The summed E-state index contributed by atoms with van der Waals surface area (Å²) in [6.07, 6.45) is 3.25. The summed E-state index contributed by atoms with van der Waals surface area (Å²) in [6, 6.07) is 7.00. The number of nitrogens with zero attached hydrogens (tertiary/aromatic N) is 2. The molecule has 0 bridgehead atoms. The highest BCUT2D eigenvalue weighted by atomic mass is 79.9. The lowest BCUT2D eigenvalue weighted by atomic mass is 9.63. The van der Waals surface area contributed by atoms with Crippen LogP contribution in [0.3, 0.4) is 0 Å². The third kappa shape index (κ3) is 11.9. The van der Waals surface area contributed by atoms with Crippen LogP contribution in [0.15, 0.2) is 41.1 Å². The number of aliphatic hydroxyl groups is 2. The van der Waals surface area contributed by atoms with Crippen molar-refractivity contribution in [1.29, 1.82) is 0 Å². The third-order valence-electron chi connectivity index (χ3n) is 8.53. The Balaban J connectivity index is 0.000000326. The zero-order valence-corrected chi connectivity index (χ0v) is 31.4. The fourth-order valence-corrected chi connectivity index (χ4v) is 3.44. The van der Waals surface area contributed by atoms with E-state index in [2.05, 4.69) is 25.9 Å². The van der Waals surface area contributed by atoms with Crippen molar-refractivity contribution < 1.29 is 38.4 Å². The number of hydrogen-bond donors (Lipinski definition) is 2. The number of carbonyl (C=O) groups is 2. The average Bonchev–Trinajstić information content (AvgIpc) is 3.21. The van der Waals surface area contributed by atoms with E-state index in [1.165, 1.54) is 13.8 Å². The largest absolute Gasteiger partial charge is 0.496 e. The average molecular weight is 703 g/mol. The van der Waals surface area contributed by atoms with Crippen LogP contribution >= 0.6 is 15.9 Å². The van der Waals surface area contributed by atoms with Crippen molar-refractivity contribution >= 4 is 54.8 Å². The molecule has 0 amide bonds. The van der Waals surface area contributed by atoms with Gasteiger partial charge in [-0.3, -0.25) is 19.6 Å². The molecule has 46 heavy (non-hydrogen) atoms. The monoisotopic (exact) mass is 702 g/mol. The summed E-state index contributed by atoms with van der Waals surface area (Å²) in [5.74, 6) is -0.0528. The molecule has 2 fully saturated rings. The number of hydrogen-bond acceptors (Lipinski definition) is 10. The Hall–Kier alpha value is -1.93. The molecule has 2 aliphatic heterocycles. The lowest BCUT2D eigenvalue weighted by molar-refractivity contribution is -0.107. The highest BCUT2D eigenvalue weighted by molar-refractivity contribution is 9.10. The van der Waals surface area contributed by atoms with Gasteiger partial charge in [0.1, 0.15) is 19.1 Å². The van der Waals surface area contributed by atoms with Crippen molar-refractivity contribution in [2.24, 2.45) is 0 Å². The molecule has 0 saturated carbocycles. The molecule has 2 radical (unpaired) electrons. The standard InChI is InChI=1S/C13H18BNO3.C7H6BrNO.C6H12B2O2.C6H14O2/c1-9(16)11-7-6-10(8-15-11)14-17-12(2,3)13(4,5)18-14;1-5(10)7-3-2-6(8)4-9-7;1-5(2)6(3,4)10-8(7)9-5;1-5(2,7)6(3,4)8/h6-8H,1-5H3;2-4H,1H3;1-4H3;7-8H,1-4H3. The van der Waals surface area contributed by atoms with Gasteiger partial charge in [0, 0.05) is 36.2 Å². The second-order valence-corrected chi connectivity index (χ2v) is 15.2. The topological polar surface area (TPSA) is 137 Å². The van der Waals surface area contributed by atoms with Crippen molar-refractivity contribution in [3.05, 3.63) is 52.5 Å². The number of rotatable bonds is 4. The van der Waals surface area contributed by atoms with E-state index in [0.717, 1.165) is 9.94 Å². The molecule has 4 heterocycles. The van der Waals surface area contributed by atoms with Gasteiger partial charge in [-0.25, -0.2) is 0 Å². The van der Waals surface area contributed by atoms with Gasteiger partial charge < -0.3 is 28.8 Å². The molecule has 0 aromatic carbocycles. The first kappa shape index (κ1) is 42.1. The predicted octanol–water partition coefficient (Wildman–Crippen LogP) is 4.90. The summed E-state index contributed by atoms with van der Waals surface area (Å²) in [6.45, 7) is 25.2. The van der Waals surface area contributed by atoms with Crippen LogP contribution in [0.25, 0.3) is 0 Å². The Morgan fingerprint density at radius 3 is 1.28 bits per heavy atom. The van der Waals surface area contributed by atoms with Gasteiger partial charge in [0.2, 0.25) is 0 Å². The number of pyridine rings is 2. The molecule has 2 aliphatic rings. The fraction of sp³-hybridized carbons (Fsp3) is 0.625. The quantitative estimate of drug-likeness (QED) is 0.334. The zero-order valence-electron chi connectivity index (χ0n) is 29.8. The maximum Gasteiger partial charge on any atom is 0.496 e. The fourth-order valence-electron chi connectivity index (χ4n) is 3.20. The van der Waals surface area contributed by atoms with E-state index in [4.69, 9.17) is 36.6 Å². The van der Waals surface area contributed by atoms with E-state index in [1.54, 1.807) is 58.3 Å². The van der Waals surface area contributed by atoms with Crippen LogP contribution < -0.4 is 5.46 Å². The van der Waals surface area contributed by atoms with E-state index in [9.17, 15) is 9.59 Å². The maximum atomic E-state index is 11.2. The SMILES string of the molecule is CC(=O)c1ccc(B2OC(C)(C)C(C)(C)O2)cn1.CC(=O)c1ccc(Br)cn1.CC(C)(O)C(C)(C)O.[B]B1OC(C)(C)C(C)(C)O1. The normalized spacial score (nSPS) is 19.1. The molecule has 2 aromatic rings. The van der Waals surface area contributed by atoms with E-state index in [0.29, 0.717) is 11.4 Å². The van der Waals surface area contributed by atoms with Gasteiger partial charge in [-0.1, -0.05) is 6.07 Å². The van der Waals surface area contributed by atoms with Gasteiger partial charge in [-0.2, -0.15) is 0 Å². The summed E-state index contributed by atoms with van der Waals surface area (Å²) in [4.78, 5) is 29.8. The van der Waals surface area contributed by atoms with Crippen molar-refractivity contribution in [2.45, 2.75) is 131 Å². The minimum atomic E-state index is -1.01. The van der Waals surface area contributed by atoms with Gasteiger partial charge >= 0.3 is 14.1 Å². The molecule has 2 saturated heterocycles. The summed E-state index contributed by atoms with van der Waals surface area (Å²) < 4.78 is 23.3. The van der Waals surface area contributed by atoms with E-state index in [-0.39, 0.29) is 34.0 Å². The van der Waals surface area contributed by atoms with Crippen molar-refractivity contribution in [2.75, 3.05) is 0 Å². The summed E-state index contributed by atoms with van der Waals surface area (Å²) >= 11 is 3.22. The molecule has 2 N–H and O–H groups in total. The Kier molecular flexibility index (Phi) is 14.2. The van der Waals surface area contributed by atoms with Gasteiger partial charge in [0.25, 0.3) is 0 Å². The lowest BCUT2D eigenvalue weighted by Crippen LogP contribution is -2.44. The number of carbonyl (C=O) groups excluding carboxylic acids is 2. The number of ketones is 2. The van der Waals surface area contributed by atoms with E-state index >= 15 is 0 Å². The Labute approximate surface area is 285 Å². The number of aromatic nitrogens is 2. The molecule has 0 atom stereocenters. The van der Waals surface area contributed by atoms with E-state index < -0.39 is 25.3 Å². The Bertz CT molecular complexity index is 1260. The van der Waals surface area contributed by atoms with Gasteiger partial charge in [0.05, 0.1) is 33.6 Å². The molecular weight excluding hydrogens is 653 g/mol. The second kappa shape index (κ2) is 15.5. The molecule has 2 aromatic heterocycles. The summed E-state index contributed by atoms with van der Waals surface area (Å²) in [7, 11) is 4.45. The van der Waals surface area contributed by atoms with Crippen LogP contribution in [-0.2, 0) is 18.6 Å². The molecule has 10 nitrogen and oxygen atoms in total. The minimum Gasteiger partial charge on any atom is -0.411 e. The highest BCUT2D eigenvalue weighted by Gasteiger charge is 2.52. The van der Waals surface area contributed by atoms with Crippen LogP contribution in [0.2, 0.25) is 0 Å². The molecule has 0 aliphatic carbocycles. The molecule has 0 spiro atoms. The van der Waals surface area contributed by atoms with Crippen molar-refractivity contribution in [3.8, 4) is 0 Å². The molecule has 252 valence electrons. The van der Waals surface area contributed by atoms with Gasteiger partial charge in [-0.15, -0.1) is 0 Å². The van der Waals surface area contributed by atoms with Gasteiger partial charge in [0.15, 0.2) is 11.6 Å².